The third-order valence-electron chi connectivity index (χ3n) is 3.03. The Bertz CT molecular complexity index is 392. The Labute approximate surface area is 113 Å². The third-order valence-corrected chi connectivity index (χ3v) is 3.03. The van der Waals surface area contributed by atoms with Crippen molar-refractivity contribution in [3.05, 3.63) is 24.4 Å². The van der Waals surface area contributed by atoms with E-state index in [2.05, 4.69) is 33.9 Å². The lowest BCUT2D eigenvalue weighted by Crippen LogP contribution is -2.39. The zero-order chi connectivity index (χ0) is 13.5. The highest BCUT2D eigenvalue weighted by atomic mass is 16.5. The van der Waals surface area contributed by atoms with Crippen LogP contribution in [0.15, 0.2) is 17.2 Å². The Hall–Kier alpha value is -1.24. The molecule has 0 radical (unpaired) electrons. The van der Waals surface area contributed by atoms with Gasteiger partial charge >= 0.3 is 0 Å². The Morgan fingerprint density at radius 1 is 1.58 bits per heavy atom. The molecule has 1 aliphatic heterocycles. The maximum Gasteiger partial charge on any atom is 0.240 e. The van der Waals surface area contributed by atoms with Gasteiger partial charge in [0.25, 0.3) is 0 Å². The van der Waals surface area contributed by atoms with Gasteiger partial charge in [-0.25, -0.2) is 0 Å². The van der Waals surface area contributed by atoms with E-state index in [9.17, 15) is 0 Å². The predicted molar refractivity (Wildman–Crippen MR) is 71.6 cm³/mol. The minimum atomic E-state index is -0.0720. The smallest absolute Gasteiger partial charge is 0.240 e. The van der Waals surface area contributed by atoms with Gasteiger partial charge in [0.15, 0.2) is 0 Å². The molecule has 0 amide bonds. The van der Waals surface area contributed by atoms with Crippen LogP contribution in [0.25, 0.3) is 0 Å². The molecule has 1 atom stereocenters. The molecule has 1 unspecified atom stereocenters. The van der Waals surface area contributed by atoms with Crippen molar-refractivity contribution in [2.24, 2.45) is 0 Å². The summed E-state index contributed by atoms with van der Waals surface area (Å²) in [5, 5.41) is 7.14. The summed E-state index contributed by atoms with van der Waals surface area (Å²) in [7, 11) is 0. The van der Waals surface area contributed by atoms with Gasteiger partial charge in [-0.1, -0.05) is 18.2 Å². The molecule has 2 rings (SSSR count). The highest BCUT2D eigenvalue weighted by Gasteiger charge is 2.25. The van der Waals surface area contributed by atoms with E-state index in [1.54, 1.807) is 6.08 Å². The lowest BCUT2D eigenvalue weighted by Gasteiger charge is -2.30. The summed E-state index contributed by atoms with van der Waals surface area (Å²) in [6.45, 7) is 10.7. The fraction of sp³-hybridized carbons (Fsp3) is 0.692. The fourth-order valence-corrected chi connectivity index (χ4v) is 2.13. The second-order valence-corrected chi connectivity index (χ2v) is 4.63. The van der Waals surface area contributed by atoms with Crippen LogP contribution in [0.3, 0.4) is 0 Å². The van der Waals surface area contributed by atoms with E-state index in [1.807, 2.05) is 0 Å². The van der Waals surface area contributed by atoms with Crippen molar-refractivity contribution in [2.75, 3.05) is 32.8 Å². The maximum atomic E-state index is 5.72. The van der Waals surface area contributed by atoms with E-state index in [0.29, 0.717) is 18.3 Å². The average Bonchev–Trinajstić information content (AvgIpc) is 2.89. The van der Waals surface area contributed by atoms with Crippen LogP contribution in [0.1, 0.15) is 31.2 Å². The standard InChI is InChI=1S/C13H22N4O2/c1-3-5-14-9-12-15-13(16-19-12)11-10-17(6-4-2)7-8-18-11/h3,11,14H,1,4-10H2,2H3. The van der Waals surface area contributed by atoms with E-state index < -0.39 is 0 Å². The van der Waals surface area contributed by atoms with Crippen molar-refractivity contribution < 1.29 is 9.26 Å². The highest BCUT2D eigenvalue weighted by molar-refractivity contribution is 4.94. The molecular weight excluding hydrogens is 244 g/mol. The van der Waals surface area contributed by atoms with Gasteiger partial charge in [-0.2, -0.15) is 4.98 Å². The number of nitrogens with zero attached hydrogens (tertiary/aromatic N) is 3. The van der Waals surface area contributed by atoms with Gasteiger partial charge < -0.3 is 14.6 Å². The van der Waals surface area contributed by atoms with Crippen molar-refractivity contribution >= 4 is 0 Å². The van der Waals surface area contributed by atoms with Crippen LogP contribution in [0, 0.1) is 0 Å². The number of aromatic nitrogens is 2. The minimum absolute atomic E-state index is 0.0720. The first kappa shape index (κ1) is 14.2. The van der Waals surface area contributed by atoms with Crippen LogP contribution in [-0.2, 0) is 11.3 Å². The summed E-state index contributed by atoms with van der Waals surface area (Å²) < 4.78 is 10.9. The Morgan fingerprint density at radius 3 is 3.26 bits per heavy atom. The highest BCUT2D eigenvalue weighted by Crippen LogP contribution is 2.19. The molecule has 1 saturated heterocycles. The van der Waals surface area contributed by atoms with Crippen LogP contribution in [0.4, 0.5) is 0 Å². The van der Waals surface area contributed by atoms with Crippen LogP contribution >= 0.6 is 0 Å². The van der Waals surface area contributed by atoms with Gasteiger partial charge in [-0.05, 0) is 13.0 Å². The van der Waals surface area contributed by atoms with Crippen molar-refractivity contribution in [1.82, 2.24) is 20.4 Å². The Balaban J connectivity index is 1.88. The van der Waals surface area contributed by atoms with Crippen LogP contribution in [0.2, 0.25) is 0 Å². The minimum Gasteiger partial charge on any atom is -0.367 e. The first-order chi connectivity index (χ1) is 9.33. The molecule has 0 bridgehead atoms. The lowest BCUT2D eigenvalue weighted by molar-refractivity contribution is -0.0350. The molecule has 6 nitrogen and oxygen atoms in total. The number of nitrogens with one attached hydrogen (secondary N) is 1. The molecule has 1 aromatic heterocycles. The molecule has 0 spiro atoms. The van der Waals surface area contributed by atoms with Gasteiger partial charge in [0, 0.05) is 19.6 Å². The molecule has 1 aliphatic rings. The van der Waals surface area contributed by atoms with Gasteiger partial charge in [0.05, 0.1) is 13.2 Å². The summed E-state index contributed by atoms with van der Waals surface area (Å²) in [6.07, 6.45) is 2.87. The molecule has 6 heteroatoms. The number of morpholine rings is 1. The summed E-state index contributed by atoms with van der Waals surface area (Å²) in [6, 6.07) is 0. The quantitative estimate of drug-likeness (QED) is 0.589. The first-order valence-electron chi connectivity index (χ1n) is 6.81. The molecule has 1 aromatic rings. The summed E-state index contributed by atoms with van der Waals surface area (Å²) in [4.78, 5) is 6.75. The second kappa shape index (κ2) is 7.37. The molecular formula is C13H22N4O2. The second-order valence-electron chi connectivity index (χ2n) is 4.63. The molecule has 1 N–H and O–H groups in total. The van der Waals surface area contributed by atoms with Gasteiger partial charge in [0.2, 0.25) is 11.7 Å². The SMILES string of the molecule is C=CCNCc1nc(C2CN(CCC)CCO2)no1. The van der Waals surface area contributed by atoms with Crippen LogP contribution in [-0.4, -0.2) is 47.8 Å². The van der Waals surface area contributed by atoms with E-state index >= 15 is 0 Å². The van der Waals surface area contributed by atoms with Crippen molar-refractivity contribution in [3.8, 4) is 0 Å². The van der Waals surface area contributed by atoms with Crippen molar-refractivity contribution in [1.29, 1.82) is 0 Å². The molecule has 2 heterocycles. The Morgan fingerprint density at radius 2 is 2.47 bits per heavy atom. The largest absolute Gasteiger partial charge is 0.367 e. The monoisotopic (exact) mass is 266 g/mol. The van der Waals surface area contributed by atoms with Gasteiger partial charge in [0.1, 0.15) is 6.10 Å². The Kier molecular flexibility index (Phi) is 5.50. The predicted octanol–water partition coefficient (Wildman–Crippen LogP) is 1.13. The topological polar surface area (TPSA) is 63.4 Å². The van der Waals surface area contributed by atoms with Gasteiger partial charge in [-0.3, -0.25) is 4.90 Å². The number of hydrogen-bond acceptors (Lipinski definition) is 6. The summed E-state index contributed by atoms with van der Waals surface area (Å²) >= 11 is 0. The van der Waals surface area contributed by atoms with Gasteiger partial charge in [-0.15, -0.1) is 6.58 Å². The van der Waals surface area contributed by atoms with E-state index in [1.165, 1.54) is 0 Å². The molecule has 0 aliphatic carbocycles. The lowest BCUT2D eigenvalue weighted by atomic mass is 10.2. The van der Waals surface area contributed by atoms with E-state index in [0.717, 1.165) is 39.2 Å². The first-order valence-corrected chi connectivity index (χ1v) is 6.81. The van der Waals surface area contributed by atoms with Crippen LogP contribution < -0.4 is 5.32 Å². The molecule has 19 heavy (non-hydrogen) atoms. The molecule has 0 aromatic carbocycles. The average molecular weight is 266 g/mol. The van der Waals surface area contributed by atoms with E-state index in [-0.39, 0.29) is 6.10 Å². The summed E-state index contributed by atoms with van der Waals surface area (Å²) in [5.74, 6) is 1.24. The molecule has 106 valence electrons. The zero-order valence-electron chi connectivity index (χ0n) is 11.5. The summed E-state index contributed by atoms with van der Waals surface area (Å²) in [5.41, 5.74) is 0. The fourth-order valence-electron chi connectivity index (χ4n) is 2.13. The third kappa shape index (κ3) is 4.12. The molecule has 0 saturated carbocycles. The normalized spacial score (nSPS) is 20.6. The maximum absolute atomic E-state index is 5.72. The van der Waals surface area contributed by atoms with E-state index in [4.69, 9.17) is 9.26 Å². The molecule has 1 fully saturated rings. The number of ether oxygens (including phenoxy) is 1. The number of rotatable bonds is 7. The van der Waals surface area contributed by atoms with Crippen molar-refractivity contribution in [2.45, 2.75) is 26.0 Å². The van der Waals surface area contributed by atoms with Crippen molar-refractivity contribution in [3.63, 3.8) is 0 Å². The number of hydrogen-bond donors (Lipinski definition) is 1. The zero-order valence-corrected chi connectivity index (χ0v) is 11.5. The van der Waals surface area contributed by atoms with Crippen LogP contribution in [0.5, 0.6) is 0 Å².